The summed E-state index contributed by atoms with van der Waals surface area (Å²) in [6.45, 7) is 4.33. The molecule has 1 aliphatic rings. The molecule has 104 valence electrons. The molecule has 3 rings (SSSR count). The Bertz CT molecular complexity index is 745. The molecule has 0 N–H and O–H groups in total. The van der Waals surface area contributed by atoms with Gasteiger partial charge in [-0.05, 0) is 67.5 Å². The summed E-state index contributed by atoms with van der Waals surface area (Å²) >= 11 is 3.42. The number of rotatable bonds is 2. The van der Waals surface area contributed by atoms with Gasteiger partial charge in [0.15, 0.2) is 0 Å². The second-order valence-electron chi connectivity index (χ2n) is 5.26. The average Bonchev–Trinajstić information content (AvgIpc) is 3.16. The van der Waals surface area contributed by atoms with Crippen LogP contribution in [0.3, 0.4) is 0 Å². The van der Waals surface area contributed by atoms with E-state index in [0.29, 0.717) is 0 Å². The molecule has 2 heteroatoms. The molecule has 2 aromatic heterocycles. The number of aryl methyl sites for hydroxylation is 2. The first kappa shape index (κ1) is 14.2. The van der Waals surface area contributed by atoms with E-state index in [9.17, 15) is 0 Å². The van der Waals surface area contributed by atoms with Gasteiger partial charge in [0, 0.05) is 9.75 Å². The lowest BCUT2D eigenvalue weighted by atomic mass is 9.97. The third kappa shape index (κ3) is 2.46. The van der Waals surface area contributed by atoms with Crippen molar-refractivity contribution in [3.63, 3.8) is 0 Å². The molecule has 0 saturated carbocycles. The van der Waals surface area contributed by atoms with Crippen LogP contribution in [0.5, 0.6) is 0 Å². The van der Waals surface area contributed by atoms with Gasteiger partial charge in [-0.15, -0.1) is 35.5 Å². The Morgan fingerprint density at radius 3 is 1.62 bits per heavy atom. The molecule has 1 aliphatic carbocycles. The van der Waals surface area contributed by atoms with E-state index >= 15 is 0 Å². The molecule has 0 bridgehead atoms. The molecular formula is C19H16S2. The van der Waals surface area contributed by atoms with Crippen molar-refractivity contribution in [2.24, 2.45) is 0 Å². The van der Waals surface area contributed by atoms with Crippen LogP contribution in [0, 0.1) is 38.5 Å². The predicted octanol–water partition coefficient (Wildman–Crippen LogP) is 5.48. The topological polar surface area (TPSA) is 0 Å². The van der Waals surface area contributed by atoms with Crippen LogP contribution in [0.15, 0.2) is 12.1 Å². The maximum atomic E-state index is 5.55. The zero-order valence-electron chi connectivity index (χ0n) is 12.2. The minimum Gasteiger partial charge on any atom is -0.131 e. The van der Waals surface area contributed by atoms with Crippen LogP contribution in [-0.4, -0.2) is 0 Å². The van der Waals surface area contributed by atoms with Crippen molar-refractivity contribution >= 4 is 33.8 Å². The van der Waals surface area contributed by atoms with Crippen molar-refractivity contribution in [3.05, 3.63) is 42.8 Å². The van der Waals surface area contributed by atoms with Gasteiger partial charge in [0.25, 0.3) is 0 Å². The van der Waals surface area contributed by atoms with Crippen molar-refractivity contribution in [3.8, 4) is 24.7 Å². The Labute approximate surface area is 134 Å². The SMILES string of the molecule is C#Cc1cc(C2=C(c3cc(C#C)sc3C)CCC2)c(C)s1. The fourth-order valence-electron chi connectivity index (χ4n) is 3.04. The van der Waals surface area contributed by atoms with Crippen LogP contribution < -0.4 is 0 Å². The first-order valence-corrected chi connectivity index (χ1v) is 8.64. The Balaban J connectivity index is 2.15. The highest BCUT2D eigenvalue weighted by Crippen LogP contribution is 2.44. The van der Waals surface area contributed by atoms with Crippen molar-refractivity contribution in [2.45, 2.75) is 33.1 Å². The third-order valence-electron chi connectivity index (χ3n) is 3.99. The largest absolute Gasteiger partial charge is 0.131 e. The Hall–Kier alpha value is -1.74. The summed E-state index contributed by atoms with van der Waals surface area (Å²) < 4.78 is 0. The van der Waals surface area contributed by atoms with Gasteiger partial charge < -0.3 is 0 Å². The van der Waals surface area contributed by atoms with Gasteiger partial charge in [0.05, 0.1) is 9.75 Å². The molecule has 0 spiro atoms. The number of hydrogen-bond acceptors (Lipinski definition) is 2. The lowest BCUT2D eigenvalue weighted by Gasteiger charge is -2.07. The van der Waals surface area contributed by atoms with Gasteiger partial charge in [0.1, 0.15) is 0 Å². The van der Waals surface area contributed by atoms with Crippen LogP contribution in [0.25, 0.3) is 11.1 Å². The van der Waals surface area contributed by atoms with Gasteiger partial charge in [0.2, 0.25) is 0 Å². The van der Waals surface area contributed by atoms with Crippen LogP contribution >= 0.6 is 22.7 Å². The number of terminal acetylenes is 2. The van der Waals surface area contributed by atoms with Crippen molar-refractivity contribution in [1.82, 2.24) is 0 Å². The van der Waals surface area contributed by atoms with Gasteiger partial charge in [-0.3, -0.25) is 0 Å². The second-order valence-corrected chi connectivity index (χ2v) is 7.77. The van der Waals surface area contributed by atoms with E-state index in [0.717, 1.165) is 22.6 Å². The Morgan fingerprint density at radius 1 is 0.857 bits per heavy atom. The standard InChI is InChI=1S/C19H16S2/c1-5-14-10-18(12(3)20-14)16-8-7-9-17(16)19-11-15(6-2)21-13(19)4/h1-2,10-11H,7-9H2,3-4H3. The van der Waals surface area contributed by atoms with Crippen LogP contribution in [0.4, 0.5) is 0 Å². The quantitative estimate of drug-likeness (QED) is 0.644. The molecule has 0 saturated heterocycles. The van der Waals surface area contributed by atoms with Crippen molar-refractivity contribution < 1.29 is 0 Å². The predicted molar refractivity (Wildman–Crippen MR) is 94.6 cm³/mol. The summed E-state index contributed by atoms with van der Waals surface area (Å²) in [4.78, 5) is 4.69. The highest BCUT2D eigenvalue weighted by Gasteiger charge is 2.22. The zero-order chi connectivity index (χ0) is 15.0. The summed E-state index contributed by atoms with van der Waals surface area (Å²) in [5, 5.41) is 0. The smallest absolute Gasteiger partial charge is 0.0774 e. The summed E-state index contributed by atoms with van der Waals surface area (Å²) in [7, 11) is 0. The third-order valence-corrected chi connectivity index (χ3v) is 5.95. The van der Waals surface area contributed by atoms with Crippen molar-refractivity contribution in [1.29, 1.82) is 0 Å². The first-order chi connectivity index (χ1) is 10.1. The summed E-state index contributed by atoms with van der Waals surface area (Å²) in [6, 6.07) is 4.34. The average molecular weight is 308 g/mol. The monoisotopic (exact) mass is 308 g/mol. The fourth-order valence-corrected chi connectivity index (χ4v) is 4.76. The summed E-state index contributed by atoms with van der Waals surface area (Å²) in [5.74, 6) is 5.52. The molecule has 0 nitrogen and oxygen atoms in total. The Kier molecular flexibility index (Phi) is 3.77. The zero-order valence-corrected chi connectivity index (χ0v) is 13.9. The maximum Gasteiger partial charge on any atom is 0.0774 e. The highest BCUT2D eigenvalue weighted by atomic mass is 32.1. The molecule has 0 radical (unpaired) electrons. The molecule has 0 fully saturated rings. The van der Waals surface area contributed by atoms with Crippen LogP contribution in [0.1, 0.15) is 49.9 Å². The number of thiophene rings is 2. The first-order valence-electron chi connectivity index (χ1n) is 7.01. The molecule has 2 aromatic rings. The normalized spacial score (nSPS) is 14.3. The van der Waals surface area contributed by atoms with Crippen LogP contribution in [0.2, 0.25) is 0 Å². The highest BCUT2D eigenvalue weighted by molar-refractivity contribution is 7.13. The van der Waals surface area contributed by atoms with E-state index < -0.39 is 0 Å². The lowest BCUT2D eigenvalue weighted by Crippen LogP contribution is -1.86. The molecule has 0 amide bonds. The second kappa shape index (κ2) is 5.57. The lowest BCUT2D eigenvalue weighted by molar-refractivity contribution is 0.941. The Morgan fingerprint density at radius 2 is 1.29 bits per heavy atom. The van der Waals surface area contributed by atoms with E-state index in [2.05, 4.69) is 37.8 Å². The molecule has 21 heavy (non-hydrogen) atoms. The van der Waals surface area contributed by atoms with Crippen molar-refractivity contribution in [2.75, 3.05) is 0 Å². The maximum absolute atomic E-state index is 5.55. The minimum absolute atomic E-state index is 1.02. The number of allylic oxidation sites excluding steroid dienone is 2. The van der Waals surface area contributed by atoms with E-state index in [4.69, 9.17) is 12.8 Å². The van der Waals surface area contributed by atoms with Crippen LogP contribution in [-0.2, 0) is 0 Å². The molecule has 0 unspecified atom stereocenters. The van der Waals surface area contributed by atoms with E-state index in [1.54, 1.807) is 22.7 Å². The van der Waals surface area contributed by atoms with Gasteiger partial charge in [-0.25, -0.2) is 0 Å². The molecule has 0 aliphatic heterocycles. The van der Waals surface area contributed by atoms with E-state index in [-0.39, 0.29) is 0 Å². The van der Waals surface area contributed by atoms with Gasteiger partial charge in [-0.2, -0.15) is 0 Å². The molecule has 2 heterocycles. The number of hydrogen-bond donors (Lipinski definition) is 0. The molecule has 0 aromatic carbocycles. The fraction of sp³-hybridized carbons (Fsp3) is 0.263. The molecule has 0 atom stereocenters. The minimum atomic E-state index is 1.02. The van der Waals surface area contributed by atoms with E-state index in [1.807, 2.05) is 0 Å². The van der Waals surface area contributed by atoms with Gasteiger partial charge in [-0.1, -0.05) is 11.8 Å². The van der Waals surface area contributed by atoms with E-state index in [1.165, 1.54) is 38.4 Å². The molecular weight excluding hydrogens is 292 g/mol. The summed E-state index contributed by atoms with van der Waals surface area (Å²) in [5.41, 5.74) is 5.62. The summed E-state index contributed by atoms with van der Waals surface area (Å²) in [6.07, 6.45) is 14.6. The van der Waals surface area contributed by atoms with Gasteiger partial charge >= 0.3 is 0 Å².